The van der Waals surface area contributed by atoms with Crippen LogP contribution in [-0.2, 0) is 16.4 Å². The number of aromatic nitrogens is 1. The van der Waals surface area contributed by atoms with E-state index in [1.807, 2.05) is 5.38 Å². The third-order valence-corrected chi connectivity index (χ3v) is 6.55. The van der Waals surface area contributed by atoms with E-state index >= 15 is 0 Å². The van der Waals surface area contributed by atoms with Crippen LogP contribution in [0.3, 0.4) is 0 Å². The maximum atomic E-state index is 11.8. The highest BCUT2D eigenvalue weighted by atomic mass is 32.2. The number of hydrogen-bond donors (Lipinski definition) is 2. The molecule has 0 saturated heterocycles. The van der Waals surface area contributed by atoms with Crippen molar-refractivity contribution in [2.75, 3.05) is 4.72 Å². The predicted octanol–water partition coefficient (Wildman–Crippen LogP) is 1.89. The van der Waals surface area contributed by atoms with E-state index in [0.717, 1.165) is 44.2 Å². The lowest BCUT2D eigenvalue weighted by Crippen LogP contribution is -2.27. The van der Waals surface area contributed by atoms with E-state index in [4.69, 9.17) is 0 Å². The molecule has 3 rings (SSSR count). The lowest BCUT2D eigenvalue weighted by molar-refractivity contribution is 0.0474. The third kappa shape index (κ3) is 3.09. The lowest BCUT2D eigenvalue weighted by atomic mass is 9.97. The highest BCUT2D eigenvalue weighted by molar-refractivity contribution is 7.93. The SMILES string of the molecule is O=S(=O)(Nc1nc(CC2(O)CCCC2)cs1)C1CC1. The molecule has 2 fully saturated rings. The maximum Gasteiger partial charge on any atom is 0.237 e. The number of sulfonamides is 1. The van der Waals surface area contributed by atoms with E-state index in [-0.39, 0.29) is 5.25 Å². The number of nitrogens with one attached hydrogen (secondary N) is 1. The molecule has 1 aromatic rings. The molecule has 2 aliphatic rings. The van der Waals surface area contributed by atoms with Crippen LogP contribution in [0.15, 0.2) is 5.38 Å². The first-order valence-electron chi connectivity index (χ1n) is 6.65. The first-order valence-corrected chi connectivity index (χ1v) is 9.08. The van der Waals surface area contributed by atoms with Crippen LogP contribution in [0, 0.1) is 0 Å². The molecule has 0 aliphatic heterocycles. The summed E-state index contributed by atoms with van der Waals surface area (Å²) in [5, 5.41) is 12.3. The highest BCUT2D eigenvalue weighted by Crippen LogP contribution is 2.34. The molecule has 0 atom stereocenters. The van der Waals surface area contributed by atoms with Crippen LogP contribution in [0.5, 0.6) is 0 Å². The number of aliphatic hydroxyl groups is 1. The monoisotopic (exact) mass is 302 g/mol. The van der Waals surface area contributed by atoms with Crippen LogP contribution < -0.4 is 4.72 Å². The summed E-state index contributed by atoms with van der Waals surface area (Å²) in [5.41, 5.74) is 0.142. The molecular weight excluding hydrogens is 284 g/mol. The summed E-state index contributed by atoms with van der Waals surface area (Å²) in [6.45, 7) is 0. The summed E-state index contributed by atoms with van der Waals surface area (Å²) < 4.78 is 26.1. The van der Waals surface area contributed by atoms with Gasteiger partial charge in [0.2, 0.25) is 10.0 Å². The summed E-state index contributed by atoms with van der Waals surface area (Å²) in [6, 6.07) is 0. The van der Waals surface area contributed by atoms with Gasteiger partial charge < -0.3 is 5.11 Å². The molecule has 0 radical (unpaired) electrons. The predicted molar refractivity (Wildman–Crippen MR) is 74.8 cm³/mol. The Bertz CT molecular complexity index is 557. The Balaban J connectivity index is 1.66. The molecule has 106 valence electrons. The normalized spacial score (nSPS) is 22.6. The van der Waals surface area contributed by atoms with E-state index in [2.05, 4.69) is 9.71 Å². The van der Waals surface area contributed by atoms with Gasteiger partial charge in [0.25, 0.3) is 0 Å². The second kappa shape index (κ2) is 4.71. The van der Waals surface area contributed by atoms with Gasteiger partial charge in [-0.1, -0.05) is 12.8 Å². The van der Waals surface area contributed by atoms with E-state index < -0.39 is 15.6 Å². The van der Waals surface area contributed by atoms with Gasteiger partial charge in [-0.25, -0.2) is 13.4 Å². The Hall–Kier alpha value is -0.660. The zero-order valence-electron chi connectivity index (χ0n) is 10.6. The van der Waals surface area contributed by atoms with Crippen LogP contribution in [0.25, 0.3) is 0 Å². The van der Waals surface area contributed by atoms with Gasteiger partial charge in [-0.2, -0.15) is 0 Å². The van der Waals surface area contributed by atoms with Gasteiger partial charge in [0, 0.05) is 11.8 Å². The molecule has 0 aromatic carbocycles. The van der Waals surface area contributed by atoms with E-state index in [1.54, 1.807) is 0 Å². The summed E-state index contributed by atoms with van der Waals surface area (Å²) in [5.74, 6) is 0. The lowest BCUT2D eigenvalue weighted by Gasteiger charge is -2.20. The average Bonchev–Trinajstić information content (AvgIpc) is 3.00. The fourth-order valence-electron chi connectivity index (χ4n) is 2.57. The van der Waals surface area contributed by atoms with E-state index in [1.165, 1.54) is 11.3 Å². The maximum absolute atomic E-state index is 11.8. The summed E-state index contributed by atoms with van der Waals surface area (Å²) in [6.07, 6.45) is 5.75. The van der Waals surface area contributed by atoms with E-state index in [9.17, 15) is 13.5 Å². The Morgan fingerprint density at radius 2 is 2.11 bits per heavy atom. The minimum Gasteiger partial charge on any atom is -0.389 e. The van der Waals surface area contributed by atoms with Gasteiger partial charge in [-0.05, 0) is 25.7 Å². The largest absolute Gasteiger partial charge is 0.389 e. The topological polar surface area (TPSA) is 79.3 Å². The second-order valence-electron chi connectivity index (χ2n) is 5.60. The number of hydrogen-bond acceptors (Lipinski definition) is 5. The van der Waals surface area contributed by atoms with Crippen LogP contribution in [-0.4, -0.2) is 29.4 Å². The van der Waals surface area contributed by atoms with Crippen molar-refractivity contribution in [3.8, 4) is 0 Å². The molecule has 5 nitrogen and oxygen atoms in total. The molecule has 2 saturated carbocycles. The van der Waals surface area contributed by atoms with Crippen molar-refractivity contribution in [2.24, 2.45) is 0 Å². The van der Waals surface area contributed by atoms with Gasteiger partial charge >= 0.3 is 0 Å². The molecule has 0 bridgehead atoms. The van der Waals surface area contributed by atoms with Crippen molar-refractivity contribution >= 4 is 26.5 Å². The molecular formula is C12H18N2O3S2. The van der Waals surface area contributed by atoms with Crippen LogP contribution >= 0.6 is 11.3 Å². The number of anilines is 1. The van der Waals surface area contributed by atoms with Gasteiger partial charge in [0.05, 0.1) is 16.5 Å². The number of rotatable bonds is 5. The summed E-state index contributed by atoms with van der Waals surface area (Å²) >= 11 is 1.29. The number of nitrogens with zero attached hydrogens (tertiary/aromatic N) is 1. The zero-order chi connectivity index (χ0) is 13.5. The second-order valence-corrected chi connectivity index (χ2v) is 8.42. The standard InChI is InChI=1S/C12H18N2O3S2/c15-12(5-1-2-6-12)7-9-8-18-11(13-9)14-19(16,17)10-3-4-10/h8,10,15H,1-7H2,(H,13,14). The molecule has 2 aliphatic carbocycles. The average molecular weight is 302 g/mol. The van der Waals surface area contributed by atoms with Crippen LogP contribution in [0.1, 0.15) is 44.2 Å². The van der Waals surface area contributed by atoms with Gasteiger partial charge in [-0.15, -0.1) is 11.3 Å². The summed E-state index contributed by atoms with van der Waals surface area (Å²) in [7, 11) is -3.23. The zero-order valence-corrected chi connectivity index (χ0v) is 12.3. The fourth-order valence-corrected chi connectivity index (χ4v) is 4.87. The Labute approximate surface area is 117 Å². The summed E-state index contributed by atoms with van der Waals surface area (Å²) in [4.78, 5) is 4.28. The third-order valence-electron chi connectivity index (χ3n) is 3.79. The van der Waals surface area contributed by atoms with Crippen molar-refractivity contribution < 1.29 is 13.5 Å². The van der Waals surface area contributed by atoms with E-state index in [0.29, 0.717) is 11.6 Å². The molecule has 2 N–H and O–H groups in total. The van der Waals surface area contributed by atoms with Crippen LogP contribution in [0.4, 0.5) is 5.13 Å². The quantitative estimate of drug-likeness (QED) is 0.870. The fraction of sp³-hybridized carbons (Fsp3) is 0.750. The number of thiazole rings is 1. The molecule has 1 heterocycles. The smallest absolute Gasteiger partial charge is 0.237 e. The molecule has 19 heavy (non-hydrogen) atoms. The van der Waals surface area contributed by atoms with Crippen molar-refractivity contribution in [3.63, 3.8) is 0 Å². The first kappa shape index (κ1) is 13.3. The molecule has 0 unspecified atom stereocenters. The minimum atomic E-state index is -3.23. The molecule has 0 amide bonds. The van der Waals surface area contributed by atoms with Gasteiger partial charge in [0.1, 0.15) is 0 Å². The molecule has 7 heteroatoms. The van der Waals surface area contributed by atoms with Gasteiger partial charge in [-0.3, -0.25) is 4.72 Å². The molecule has 1 aromatic heterocycles. The Kier molecular flexibility index (Phi) is 3.31. The highest BCUT2D eigenvalue weighted by Gasteiger charge is 2.36. The Morgan fingerprint density at radius 3 is 2.74 bits per heavy atom. The van der Waals surface area contributed by atoms with Gasteiger partial charge in [0.15, 0.2) is 5.13 Å². The minimum absolute atomic E-state index is 0.237. The van der Waals surface area contributed by atoms with Crippen molar-refractivity contribution in [1.29, 1.82) is 0 Å². The van der Waals surface area contributed by atoms with Crippen molar-refractivity contribution in [2.45, 2.75) is 55.8 Å². The molecule has 0 spiro atoms. The van der Waals surface area contributed by atoms with Crippen LogP contribution in [0.2, 0.25) is 0 Å². The van der Waals surface area contributed by atoms with Crippen molar-refractivity contribution in [3.05, 3.63) is 11.1 Å². The van der Waals surface area contributed by atoms with Crippen molar-refractivity contribution in [1.82, 2.24) is 4.98 Å². The Morgan fingerprint density at radius 1 is 1.42 bits per heavy atom. The first-order chi connectivity index (χ1) is 8.97.